The molecule has 1 N–H and O–H groups in total. The Bertz CT molecular complexity index is 879. The van der Waals surface area contributed by atoms with E-state index >= 15 is 0 Å². The fraction of sp³-hybridized carbons (Fsp3) is 0.778. The van der Waals surface area contributed by atoms with Gasteiger partial charge in [-0.1, -0.05) is 76.5 Å². The number of hydrogen-bond acceptors (Lipinski definition) is 1. The van der Waals surface area contributed by atoms with Gasteiger partial charge in [0.25, 0.3) is 0 Å². The molecule has 2 bridgehead atoms. The van der Waals surface area contributed by atoms with Crippen molar-refractivity contribution in [2.75, 3.05) is 0 Å². The van der Waals surface area contributed by atoms with E-state index in [-0.39, 0.29) is 10.8 Å². The van der Waals surface area contributed by atoms with Gasteiger partial charge in [0, 0.05) is 21.9 Å². The van der Waals surface area contributed by atoms with Gasteiger partial charge in [-0.15, -0.1) is 0 Å². The number of aromatic hydroxyl groups is 1. The van der Waals surface area contributed by atoms with Crippen LogP contribution in [-0.4, -0.2) is 5.11 Å². The van der Waals surface area contributed by atoms with E-state index in [1.165, 1.54) is 43.2 Å². The van der Waals surface area contributed by atoms with Crippen molar-refractivity contribution in [2.24, 2.45) is 34.0 Å². The van der Waals surface area contributed by atoms with Crippen molar-refractivity contribution in [1.29, 1.82) is 0 Å². The number of phenols is 1. The van der Waals surface area contributed by atoms with Gasteiger partial charge in [-0.3, -0.25) is 0 Å². The summed E-state index contributed by atoms with van der Waals surface area (Å²) in [7, 11) is 0. The molecular formula is C27H39BrO. The van der Waals surface area contributed by atoms with Gasteiger partial charge in [0.05, 0.1) is 0 Å². The lowest BCUT2D eigenvalue weighted by molar-refractivity contribution is -0.363. The van der Waals surface area contributed by atoms with Gasteiger partial charge >= 0.3 is 0 Å². The van der Waals surface area contributed by atoms with E-state index in [2.05, 4.69) is 76.5 Å². The maximum atomic E-state index is 11.5. The predicted octanol–water partition coefficient (Wildman–Crippen LogP) is 7.71. The molecule has 0 saturated heterocycles. The molecule has 1 nitrogen and oxygen atoms in total. The van der Waals surface area contributed by atoms with Crippen LogP contribution in [0.25, 0.3) is 0 Å². The van der Waals surface area contributed by atoms with Crippen LogP contribution in [0.2, 0.25) is 0 Å². The molecule has 1 spiro atoms. The number of benzene rings is 1. The topological polar surface area (TPSA) is 20.2 Å². The first kappa shape index (κ1) is 20.4. The second kappa shape index (κ2) is 5.64. The molecule has 4 aliphatic rings. The van der Waals surface area contributed by atoms with E-state index in [9.17, 15) is 5.11 Å². The molecule has 0 aromatic heterocycles. The molecule has 1 aromatic carbocycles. The fourth-order valence-corrected chi connectivity index (χ4v) is 10.0. The molecule has 4 saturated carbocycles. The third-order valence-corrected chi connectivity index (χ3v) is 11.2. The minimum atomic E-state index is 0.0962. The zero-order valence-electron chi connectivity index (χ0n) is 19.5. The van der Waals surface area contributed by atoms with E-state index < -0.39 is 0 Å². The van der Waals surface area contributed by atoms with E-state index in [1.807, 2.05) is 0 Å². The molecule has 0 radical (unpaired) electrons. The molecule has 5 atom stereocenters. The van der Waals surface area contributed by atoms with Crippen LogP contribution in [0.5, 0.6) is 5.75 Å². The maximum Gasteiger partial charge on any atom is 0.123 e. The summed E-state index contributed by atoms with van der Waals surface area (Å²) in [4.78, 5) is 0. The molecule has 4 fully saturated rings. The first-order valence-electron chi connectivity index (χ1n) is 11.8. The summed E-state index contributed by atoms with van der Waals surface area (Å²) in [5, 5.41) is 12.2. The number of hydrogen-bond donors (Lipinski definition) is 1. The summed E-state index contributed by atoms with van der Waals surface area (Å²) in [6.45, 7) is 16.8. The molecule has 29 heavy (non-hydrogen) atoms. The predicted molar refractivity (Wildman–Crippen MR) is 125 cm³/mol. The van der Waals surface area contributed by atoms with Gasteiger partial charge in [0.1, 0.15) is 5.75 Å². The Morgan fingerprint density at radius 1 is 1.00 bits per heavy atom. The van der Waals surface area contributed by atoms with Crippen molar-refractivity contribution in [1.82, 2.24) is 0 Å². The summed E-state index contributed by atoms with van der Waals surface area (Å²) < 4.78 is 0. The van der Waals surface area contributed by atoms with Crippen molar-refractivity contribution >= 4 is 15.9 Å². The second-order valence-electron chi connectivity index (χ2n) is 12.9. The van der Waals surface area contributed by atoms with Gasteiger partial charge < -0.3 is 5.11 Å². The zero-order chi connectivity index (χ0) is 21.2. The molecule has 2 heteroatoms. The number of alkyl halides is 1. The number of fused-ring (bicyclic) bond motifs is 1. The lowest BCUT2D eigenvalue weighted by Crippen LogP contribution is -2.82. The first-order valence-corrected chi connectivity index (χ1v) is 13.0. The van der Waals surface area contributed by atoms with Gasteiger partial charge in [-0.05, 0) is 77.1 Å². The van der Waals surface area contributed by atoms with Crippen LogP contribution in [0.3, 0.4) is 0 Å². The van der Waals surface area contributed by atoms with E-state index in [0.29, 0.717) is 22.0 Å². The molecular weight excluding hydrogens is 420 g/mol. The highest BCUT2D eigenvalue weighted by Crippen LogP contribution is 2.98. The van der Waals surface area contributed by atoms with Crippen LogP contribution in [0.4, 0.5) is 0 Å². The van der Waals surface area contributed by atoms with Crippen molar-refractivity contribution < 1.29 is 5.11 Å². The summed E-state index contributed by atoms with van der Waals surface area (Å²) >= 11 is 3.67. The highest BCUT2D eigenvalue weighted by atomic mass is 79.9. The quantitative estimate of drug-likeness (QED) is 0.457. The lowest BCUT2D eigenvalue weighted by Gasteiger charge is -2.87. The maximum absolute atomic E-state index is 11.5. The van der Waals surface area contributed by atoms with E-state index in [4.69, 9.17) is 0 Å². The molecule has 0 heterocycles. The van der Waals surface area contributed by atoms with Crippen LogP contribution in [0, 0.1) is 34.0 Å². The second-order valence-corrected chi connectivity index (χ2v) is 13.4. The number of halogens is 1. The Morgan fingerprint density at radius 3 is 2.21 bits per heavy atom. The first-order chi connectivity index (χ1) is 13.4. The van der Waals surface area contributed by atoms with Gasteiger partial charge in [-0.2, -0.15) is 0 Å². The smallest absolute Gasteiger partial charge is 0.123 e. The van der Waals surface area contributed by atoms with Gasteiger partial charge in [0.15, 0.2) is 0 Å². The highest BCUT2D eigenvalue weighted by molar-refractivity contribution is 9.08. The standard InChI is InChI=1S/C27H39BrO/c1-16(2)24-10-18-11-25(15-26(14-24,17(3)4)27(24,25)12-18)21-9-20(23(5,6)7)8-19(13-28)22(21)29/h8-9,16-18,29H,10-15H2,1-7H3. The Kier molecular flexibility index (Phi) is 3.97. The van der Waals surface area contributed by atoms with Crippen molar-refractivity contribution in [3.63, 3.8) is 0 Å². The Labute approximate surface area is 186 Å². The SMILES string of the molecule is CC(C)C12CC3CC4(c5cc(C(C)(C)C)cc(CBr)c5O)CC(C(C)C)(C1)C42C3. The molecule has 4 aliphatic carbocycles. The molecule has 5 rings (SSSR count). The minimum Gasteiger partial charge on any atom is -0.507 e. The third-order valence-electron chi connectivity index (χ3n) is 10.6. The summed E-state index contributed by atoms with van der Waals surface area (Å²) in [5.74, 6) is 2.93. The van der Waals surface area contributed by atoms with E-state index in [0.717, 1.165) is 28.6 Å². The average Bonchev–Trinajstić information content (AvgIpc) is 3.07. The Morgan fingerprint density at radius 2 is 1.66 bits per heavy atom. The van der Waals surface area contributed by atoms with Crippen molar-refractivity contribution in [3.8, 4) is 5.75 Å². The molecule has 5 unspecified atom stereocenters. The third kappa shape index (κ3) is 1.96. The van der Waals surface area contributed by atoms with Crippen LogP contribution in [-0.2, 0) is 16.2 Å². The molecule has 0 amide bonds. The van der Waals surface area contributed by atoms with Crippen LogP contribution < -0.4 is 0 Å². The van der Waals surface area contributed by atoms with Crippen molar-refractivity contribution in [2.45, 2.75) is 96.7 Å². The number of phenolic OH excluding ortho intramolecular Hbond substituents is 1. The molecule has 0 aliphatic heterocycles. The molecule has 160 valence electrons. The lowest BCUT2D eigenvalue weighted by atomic mass is 9.16. The Hall–Kier alpha value is -0.500. The largest absolute Gasteiger partial charge is 0.507 e. The summed E-state index contributed by atoms with van der Waals surface area (Å²) in [5.41, 5.74) is 5.48. The summed E-state index contributed by atoms with van der Waals surface area (Å²) in [6.07, 6.45) is 6.88. The Balaban J connectivity index is 1.75. The fourth-order valence-electron chi connectivity index (χ4n) is 9.62. The highest BCUT2D eigenvalue weighted by Gasteiger charge is 2.93. The minimum absolute atomic E-state index is 0.0962. The molecule has 1 aromatic rings. The monoisotopic (exact) mass is 458 g/mol. The van der Waals surface area contributed by atoms with Crippen LogP contribution in [0.15, 0.2) is 12.1 Å². The van der Waals surface area contributed by atoms with Crippen LogP contribution in [0.1, 0.15) is 97.3 Å². The number of rotatable bonds is 4. The van der Waals surface area contributed by atoms with Crippen LogP contribution >= 0.6 is 15.9 Å². The summed E-state index contributed by atoms with van der Waals surface area (Å²) in [6, 6.07) is 4.66. The van der Waals surface area contributed by atoms with Crippen molar-refractivity contribution in [3.05, 3.63) is 28.8 Å². The van der Waals surface area contributed by atoms with E-state index in [1.54, 1.807) is 0 Å². The normalized spacial score (nSPS) is 42.2. The van der Waals surface area contributed by atoms with Gasteiger partial charge in [0.2, 0.25) is 0 Å². The zero-order valence-corrected chi connectivity index (χ0v) is 21.0. The average molecular weight is 460 g/mol. The van der Waals surface area contributed by atoms with Gasteiger partial charge in [-0.25, -0.2) is 0 Å².